The molecule has 2 aromatic carbocycles. The van der Waals surface area contributed by atoms with Gasteiger partial charge < -0.3 is 10.5 Å². The molecule has 0 saturated carbocycles. The summed E-state index contributed by atoms with van der Waals surface area (Å²) in [5.41, 5.74) is 9.45. The first-order valence-electron chi connectivity index (χ1n) is 11.4. The first kappa shape index (κ1) is 24.3. The minimum Gasteiger partial charge on any atom is -0.487 e. The molecule has 0 unspecified atom stereocenters. The first-order chi connectivity index (χ1) is 16.8. The molecule has 7 heteroatoms. The number of nitrogens with zero attached hydrogens (tertiary/aromatic N) is 3. The number of fused-ring (bicyclic) bond motifs is 1. The number of nitriles is 3. The van der Waals surface area contributed by atoms with Crippen LogP contribution in [0.5, 0.6) is 5.75 Å². The van der Waals surface area contributed by atoms with Gasteiger partial charge in [0.05, 0.1) is 28.4 Å². The Morgan fingerprint density at radius 2 is 1.89 bits per heavy atom. The molecule has 2 aliphatic carbocycles. The maximum absolute atomic E-state index is 13.4. The van der Waals surface area contributed by atoms with Crippen molar-refractivity contribution in [1.29, 1.82) is 15.8 Å². The Hall–Kier alpha value is -3.79. The molecule has 0 bridgehead atoms. The first-order valence-corrected chi connectivity index (χ1v) is 11.8. The average molecular weight is 487 g/mol. The topological polar surface area (TPSA) is 107 Å². The van der Waals surface area contributed by atoms with E-state index in [1.54, 1.807) is 0 Å². The summed E-state index contributed by atoms with van der Waals surface area (Å²) in [7, 11) is 0. The second-order valence-corrected chi connectivity index (χ2v) is 9.51. The molecule has 4 rings (SSSR count). The van der Waals surface area contributed by atoms with E-state index in [4.69, 9.17) is 22.1 Å². The van der Waals surface area contributed by atoms with E-state index >= 15 is 0 Å². The van der Waals surface area contributed by atoms with Crippen molar-refractivity contribution in [3.8, 4) is 24.0 Å². The van der Waals surface area contributed by atoms with E-state index in [0.29, 0.717) is 5.75 Å². The number of halogens is 2. The van der Waals surface area contributed by atoms with Gasteiger partial charge in [0.15, 0.2) is 5.41 Å². The predicted octanol–water partition coefficient (Wildman–Crippen LogP) is 6.27. The summed E-state index contributed by atoms with van der Waals surface area (Å²) in [6.45, 7) is 4.08. The van der Waals surface area contributed by atoms with E-state index in [1.165, 1.54) is 18.2 Å². The molecular formula is C28H24ClFN4O. The van der Waals surface area contributed by atoms with Gasteiger partial charge in [-0.05, 0) is 85.1 Å². The molecule has 0 saturated heterocycles. The minimum absolute atomic E-state index is 0.0234. The summed E-state index contributed by atoms with van der Waals surface area (Å²) in [6.07, 6.45) is 4.51. The molecule has 0 heterocycles. The zero-order valence-corrected chi connectivity index (χ0v) is 20.3. The van der Waals surface area contributed by atoms with Crippen molar-refractivity contribution in [2.75, 3.05) is 0 Å². The van der Waals surface area contributed by atoms with Gasteiger partial charge >= 0.3 is 0 Å². The Morgan fingerprint density at radius 1 is 1.14 bits per heavy atom. The van der Waals surface area contributed by atoms with Gasteiger partial charge in [-0.15, -0.1) is 0 Å². The van der Waals surface area contributed by atoms with Crippen LogP contribution < -0.4 is 10.5 Å². The van der Waals surface area contributed by atoms with Crippen molar-refractivity contribution in [3.05, 3.63) is 86.3 Å². The second-order valence-electron chi connectivity index (χ2n) is 9.11. The van der Waals surface area contributed by atoms with Crippen LogP contribution in [0.2, 0.25) is 5.02 Å². The lowest BCUT2D eigenvalue weighted by atomic mass is 9.56. The van der Waals surface area contributed by atoms with Crippen LogP contribution in [0.4, 0.5) is 4.39 Å². The van der Waals surface area contributed by atoms with Gasteiger partial charge in [0, 0.05) is 5.92 Å². The fourth-order valence-corrected chi connectivity index (χ4v) is 5.59. The number of nitrogens with two attached hydrogens (primary N) is 1. The molecule has 176 valence electrons. The van der Waals surface area contributed by atoms with Crippen molar-refractivity contribution < 1.29 is 9.13 Å². The summed E-state index contributed by atoms with van der Waals surface area (Å²) in [6, 6.07) is 14.5. The monoisotopic (exact) mass is 486 g/mol. The molecule has 0 aliphatic heterocycles. The van der Waals surface area contributed by atoms with Crippen LogP contribution >= 0.6 is 11.6 Å². The molecule has 0 aromatic heterocycles. The maximum atomic E-state index is 13.4. The molecule has 0 fully saturated rings. The molecule has 0 spiro atoms. The standard InChI is InChI=1S/C28H24ClFN4O/c1-16-9-17(2)22(10-18(16)13-35-25-8-7-19(30)11-24(25)29)26-21-6-4-3-5-20(21)23(12-31)27(34)28(26,14-32)15-33/h5,7-11,21,26H,3-4,6,13,34H2,1-2H3/t21-,26+/m1/s1. The highest BCUT2D eigenvalue weighted by Crippen LogP contribution is 2.56. The summed E-state index contributed by atoms with van der Waals surface area (Å²) < 4.78 is 19.3. The molecule has 2 aromatic rings. The lowest BCUT2D eigenvalue weighted by Gasteiger charge is -2.44. The van der Waals surface area contributed by atoms with Crippen LogP contribution in [0, 0.1) is 65.0 Å². The van der Waals surface area contributed by atoms with Gasteiger partial charge in [-0.2, -0.15) is 15.8 Å². The van der Waals surface area contributed by atoms with Crippen LogP contribution in [0.3, 0.4) is 0 Å². The van der Waals surface area contributed by atoms with E-state index in [0.717, 1.165) is 47.1 Å². The Morgan fingerprint density at radius 3 is 2.54 bits per heavy atom. The second kappa shape index (κ2) is 9.46. The van der Waals surface area contributed by atoms with Crippen molar-refractivity contribution in [2.24, 2.45) is 17.1 Å². The van der Waals surface area contributed by atoms with E-state index < -0.39 is 17.2 Å². The van der Waals surface area contributed by atoms with Gasteiger partial charge in [0.2, 0.25) is 0 Å². The number of aryl methyl sites for hydroxylation is 2. The highest BCUT2D eigenvalue weighted by molar-refractivity contribution is 6.32. The Bertz CT molecular complexity index is 1380. The van der Waals surface area contributed by atoms with Crippen molar-refractivity contribution in [3.63, 3.8) is 0 Å². The van der Waals surface area contributed by atoms with E-state index in [-0.39, 0.29) is 28.8 Å². The van der Waals surface area contributed by atoms with Crippen molar-refractivity contribution in [1.82, 2.24) is 0 Å². The number of benzene rings is 2. The molecule has 0 amide bonds. The van der Waals surface area contributed by atoms with Crippen LogP contribution in [0.1, 0.15) is 47.4 Å². The maximum Gasteiger partial charge on any atom is 0.191 e. The fourth-order valence-electron chi connectivity index (χ4n) is 5.37. The van der Waals surface area contributed by atoms with Gasteiger partial charge in [-0.3, -0.25) is 0 Å². The molecule has 2 atom stereocenters. The zero-order valence-electron chi connectivity index (χ0n) is 19.5. The third kappa shape index (κ3) is 4.03. The predicted molar refractivity (Wildman–Crippen MR) is 130 cm³/mol. The third-order valence-corrected chi connectivity index (χ3v) is 7.43. The van der Waals surface area contributed by atoms with Crippen molar-refractivity contribution in [2.45, 2.75) is 45.6 Å². The van der Waals surface area contributed by atoms with E-state index in [9.17, 15) is 20.2 Å². The highest BCUT2D eigenvalue weighted by atomic mass is 35.5. The number of hydrogen-bond donors (Lipinski definition) is 1. The van der Waals surface area contributed by atoms with E-state index in [1.807, 2.05) is 32.1 Å². The zero-order chi connectivity index (χ0) is 25.3. The molecule has 35 heavy (non-hydrogen) atoms. The molecule has 0 radical (unpaired) electrons. The number of hydrogen-bond acceptors (Lipinski definition) is 5. The minimum atomic E-state index is -1.66. The quantitative estimate of drug-likeness (QED) is 0.548. The summed E-state index contributed by atoms with van der Waals surface area (Å²) in [5.74, 6) is -0.794. The summed E-state index contributed by atoms with van der Waals surface area (Å²) in [4.78, 5) is 0. The van der Waals surface area contributed by atoms with Gasteiger partial charge in [0.25, 0.3) is 0 Å². The van der Waals surface area contributed by atoms with Crippen LogP contribution in [-0.4, -0.2) is 0 Å². The van der Waals surface area contributed by atoms with Crippen molar-refractivity contribution >= 4 is 11.6 Å². The highest BCUT2D eigenvalue weighted by Gasteiger charge is 2.54. The lowest BCUT2D eigenvalue weighted by Crippen LogP contribution is -2.43. The summed E-state index contributed by atoms with van der Waals surface area (Å²) >= 11 is 6.12. The molecule has 5 nitrogen and oxygen atoms in total. The van der Waals surface area contributed by atoms with E-state index in [2.05, 4.69) is 18.2 Å². The number of allylic oxidation sites excluding steroid dienone is 4. The smallest absolute Gasteiger partial charge is 0.191 e. The van der Waals surface area contributed by atoms with Gasteiger partial charge in [0.1, 0.15) is 24.2 Å². The Labute approximate surface area is 209 Å². The van der Waals surface area contributed by atoms with Crippen LogP contribution in [0.15, 0.2) is 53.3 Å². The third-order valence-electron chi connectivity index (χ3n) is 7.14. The molecular weight excluding hydrogens is 463 g/mol. The van der Waals surface area contributed by atoms with Gasteiger partial charge in [-0.25, -0.2) is 4.39 Å². The largest absolute Gasteiger partial charge is 0.487 e. The fraction of sp³-hybridized carbons (Fsp3) is 0.321. The molecule has 2 N–H and O–H groups in total. The molecule has 2 aliphatic rings. The van der Waals surface area contributed by atoms with Gasteiger partial charge in [-0.1, -0.05) is 29.8 Å². The SMILES string of the molecule is Cc1cc(C)c([C@@H]2[C@@H]3CCCC=C3C(C#N)=C(N)C2(C#N)C#N)cc1COc1ccc(F)cc1Cl. The number of ether oxygens (including phenoxy) is 1. The Balaban J connectivity index is 1.83. The van der Waals surface area contributed by atoms with Crippen LogP contribution in [0.25, 0.3) is 0 Å². The Kier molecular flexibility index (Phi) is 6.58. The van der Waals surface area contributed by atoms with Crippen LogP contribution in [-0.2, 0) is 6.61 Å². The average Bonchev–Trinajstić information content (AvgIpc) is 2.84. The summed E-state index contributed by atoms with van der Waals surface area (Å²) in [5, 5.41) is 30.6. The number of rotatable bonds is 4. The lowest BCUT2D eigenvalue weighted by molar-refractivity contribution is 0.301. The normalized spacial score (nSPS) is 20.7.